The first-order valence-electron chi connectivity index (χ1n) is 4.95. The minimum absolute atomic E-state index is 0.112. The summed E-state index contributed by atoms with van der Waals surface area (Å²) in [6.45, 7) is 0. The Kier molecular flexibility index (Phi) is 4.21. The molecule has 0 spiro atoms. The summed E-state index contributed by atoms with van der Waals surface area (Å²) in [5, 5.41) is 21.3. The van der Waals surface area contributed by atoms with Crippen molar-refractivity contribution >= 4 is 49.2 Å². The van der Waals surface area contributed by atoms with E-state index in [1.807, 2.05) is 5.38 Å². The van der Waals surface area contributed by atoms with Crippen LogP contribution in [0.25, 0.3) is 0 Å². The number of aliphatic hydroxyl groups is 1. The lowest BCUT2D eigenvalue weighted by atomic mass is 10.0. The van der Waals surface area contributed by atoms with Gasteiger partial charge in [-0.3, -0.25) is 0 Å². The van der Waals surface area contributed by atoms with Gasteiger partial charge in [0.2, 0.25) is 0 Å². The molecule has 0 radical (unpaired) electrons. The van der Waals surface area contributed by atoms with E-state index >= 15 is 0 Å². The highest BCUT2D eigenvalue weighted by atomic mass is 79.9. The third kappa shape index (κ3) is 2.51. The van der Waals surface area contributed by atoms with Gasteiger partial charge in [-0.15, -0.1) is 11.3 Å². The number of aromatic carboxylic acids is 1. The van der Waals surface area contributed by atoms with Gasteiger partial charge in [0.1, 0.15) is 6.10 Å². The third-order valence-electron chi connectivity index (χ3n) is 2.45. The van der Waals surface area contributed by atoms with E-state index < -0.39 is 12.1 Å². The maximum Gasteiger partial charge on any atom is 0.336 e. The number of benzene rings is 1. The van der Waals surface area contributed by atoms with Crippen molar-refractivity contribution in [1.29, 1.82) is 0 Å². The van der Waals surface area contributed by atoms with Crippen molar-refractivity contribution in [2.24, 2.45) is 0 Å². The lowest BCUT2D eigenvalue weighted by Crippen LogP contribution is -2.07. The highest BCUT2D eigenvalue weighted by Gasteiger charge is 2.22. The van der Waals surface area contributed by atoms with E-state index in [9.17, 15) is 9.90 Å². The molecule has 0 fully saturated rings. The molecule has 18 heavy (non-hydrogen) atoms. The smallest absolute Gasteiger partial charge is 0.336 e. The number of rotatable bonds is 3. The second-order valence-electron chi connectivity index (χ2n) is 3.56. The van der Waals surface area contributed by atoms with E-state index in [0.717, 1.165) is 8.95 Å². The molecule has 0 saturated carbocycles. The van der Waals surface area contributed by atoms with Gasteiger partial charge in [0.05, 0.1) is 10.4 Å². The highest BCUT2D eigenvalue weighted by Crippen LogP contribution is 2.39. The molecule has 0 saturated heterocycles. The Bertz CT molecular complexity index is 595. The van der Waals surface area contributed by atoms with Crippen LogP contribution in [0.3, 0.4) is 0 Å². The minimum atomic E-state index is -1.05. The van der Waals surface area contributed by atoms with E-state index in [-0.39, 0.29) is 5.56 Å². The Morgan fingerprint density at radius 3 is 2.50 bits per heavy atom. The minimum Gasteiger partial charge on any atom is -0.478 e. The SMILES string of the molecule is O=C(O)c1ccccc1C(O)c1scc(Br)c1Br. The summed E-state index contributed by atoms with van der Waals surface area (Å²) in [7, 11) is 0. The molecule has 0 bridgehead atoms. The van der Waals surface area contributed by atoms with E-state index in [0.29, 0.717) is 10.4 Å². The summed E-state index contributed by atoms with van der Waals surface area (Å²) in [5.41, 5.74) is 0.501. The van der Waals surface area contributed by atoms with E-state index in [2.05, 4.69) is 31.9 Å². The number of halogens is 2. The van der Waals surface area contributed by atoms with Crippen LogP contribution in [0.1, 0.15) is 26.9 Å². The first kappa shape index (κ1) is 13.7. The van der Waals surface area contributed by atoms with Gasteiger partial charge in [0.25, 0.3) is 0 Å². The molecule has 6 heteroatoms. The van der Waals surface area contributed by atoms with Crippen molar-refractivity contribution in [1.82, 2.24) is 0 Å². The first-order chi connectivity index (χ1) is 8.52. The summed E-state index contributed by atoms with van der Waals surface area (Å²) < 4.78 is 1.59. The Morgan fingerprint density at radius 1 is 1.28 bits per heavy atom. The fourth-order valence-electron chi connectivity index (χ4n) is 1.59. The van der Waals surface area contributed by atoms with Crippen molar-refractivity contribution < 1.29 is 15.0 Å². The van der Waals surface area contributed by atoms with Crippen LogP contribution in [0.15, 0.2) is 38.6 Å². The average Bonchev–Trinajstić information content (AvgIpc) is 2.69. The Balaban J connectivity index is 2.49. The van der Waals surface area contributed by atoms with Crippen LogP contribution in [-0.4, -0.2) is 16.2 Å². The summed E-state index contributed by atoms with van der Waals surface area (Å²) in [5.74, 6) is -1.05. The molecule has 0 aliphatic carbocycles. The molecule has 1 aromatic heterocycles. The Hall–Kier alpha value is -0.690. The molecule has 0 amide bonds. The van der Waals surface area contributed by atoms with Crippen LogP contribution in [0.2, 0.25) is 0 Å². The summed E-state index contributed by atoms with van der Waals surface area (Å²) in [6, 6.07) is 6.45. The van der Waals surface area contributed by atoms with Gasteiger partial charge < -0.3 is 10.2 Å². The van der Waals surface area contributed by atoms with Crippen molar-refractivity contribution in [3.8, 4) is 0 Å². The number of hydrogen-bond donors (Lipinski definition) is 2. The maximum atomic E-state index is 11.1. The van der Waals surface area contributed by atoms with Gasteiger partial charge >= 0.3 is 5.97 Å². The Labute approximate surface area is 124 Å². The molecule has 2 aromatic rings. The van der Waals surface area contributed by atoms with Gasteiger partial charge in [-0.1, -0.05) is 18.2 Å². The monoisotopic (exact) mass is 390 g/mol. The van der Waals surface area contributed by atoms with E-state index in [1.54, 1.807) is 18.2 Å². The molecule has 1 heterocycles. The molecular weight excluding hydrogens is 384 g/mol. The standard InChI is InChI=1S/C12H8Br2O3S/c13-8-5-18-11(9(8)14)10(15)6-3-1-2-4-7(6)12(16)17/h1-5,10,15H,(H,16,17). The van der Waals surface area contributed by atoms with Crippen molar-refractivity contribution in [2.75, 3.05) is 0 Å². The summed E-state index contributed by atoms with van der Waals surface area (Å²) in [4.78, 5) is 11.8. The highest BCUT2D eigenvalue weighted by molar-refractivity contribution is 9.13. The maximum absolute atomic E-state index is 11.1. The largest absolute Gasteiger partial charge is 0.478 e. The molecule has 3 nitrogen and oxygen atoms in total. The second kappa shape index (κ2) is 5.52. The number of thiophene rings is 1. The molecule has 94 valence electrons. The molecule has 2 N–H and O–H groups in total. The predicted molar refractivity (Wildman–Crippen MR) is 77.2 cm³/mol. The molecule has 1 aromatic carbocycles. The van der Waals surface area contributed by atoms with Gasteiger partial charge in [-0.05, 0) is 37.9 Å². The molecule has 2 rings (SSSR count). The normalized spacial score (nSPS) is 12.4. The zero-order chi connectivity index (χ0) is 13.3. The van der Waals surface area contributed by atoms with Crippen LogP contribution in [-0.2, 0) is 0 Å². The lowest BCUT2D eigenvalue weighted by Gasteiger charge is -2.12. The Morgan fingerprint density at radius 2 is 1.94 bits per heavy atom. The molecule has 0 aliphatic rings. The molecule has 1 atom stereocenters. The van der Waals surface area contributed by atoms with E-state index in [1.165, 1.54) is 17.4 Å². The molecular formula is C12H8Br2O3S. The fraction of sp³-hybridized carbons (Fsp3) is 0.0833. The predicted octanol–water partition coefficient (Wildman–Crippen LogP) is 4.05. The topological polar surface area (TPSA) is 57.5 Å². The van der Waals surface area contributed by atoms with Gasteiger partial charge in [0.15, 0.2) is 0 Å². The number of carbonyl (C=O) groups is 1. The fourth-order valence-corrected chi connectivity index (χ4v) is 3.80. The average molecular weight is 392 g/mol. The summed E-state index contributed by atoms with van der Waals surface area (Å²) >= 11 is 8.07. The zero-order valence-electron chi connectivity index (χ0n) is 8.93. The van der Waals surface area contributed by atoms with Crippen LogP contribution in [0, 0.1) is 0 Å². The molecule has 1 unspecified atom stereocenters. The first-order valence-corrected chi connectivity index (χ1v) is 7.41. The number of hydrogen-bond acceptors (Lipinski definition) is 3. The van der Waals surface area contributed by atoms with E-state index in [4.69, 9.17) is 5.11 Å². The van der Waals surface area contributed by atoms with Crippen LogP contribution in [0.5, 0.6) is 0 Å². The number of carboxylic acid groups (broad SMARTS) is 1. The van der Waals surface area contributed by atoms with Crippen LogP contribution >= 0.6 is 43.2 Å². The summed E-state index contributed by atoms with van der Waals surface area (Å²) in [6.07, 6.45) is -0.956. The lowest BCUT2D eigenvalue weighted by molar-refractivity contribution is 0.0691. The number of carboxylic acids is 1. The van der Waals surface area contributed by atoms with Crippen molar-refractivity contribution in [2.45, 2.75) is 6.10 Å². The van der Waals surface area contributed by atoms with Gasteiger partial charge in [0, 0.05) is 19.9 Å². The van der Waals surface area contributed by atoms with Crippen LogP contribution < -0.4 is 0 Å². The van der Waals surface area contributed by atoms with Gasteiger partial charge in [-0.25, -0.2) is 4.79 Å². The van der Waals surface area contributed by atoms with Crippen LogP contribution in [0.4, 0.5) is 0 Å². The quantitative estimate of drug-likeness (QED) is 0.829. The van der Waals surface area contributed by atoms with Gasteiger partial charge in [-0.2, -0.15) is 0 Å². The van der Waals surface area contributed by atoms with Crippen molar-refractivity contribution in [3.05, 3.63) is 54.6 Å². The number of aliphatic hydroxyl groups excluding tert-OH is 1. The molecule has 0 aliphatic heterocycles. The van der Waals surface area contributed by atoms with Crippen molar-refractivity contribution in [3.63, 3.8) is 0 Å². The third-order valence-corrected chi connectivity index (χ3v) is 6.06. The second-order valence-corrected chi connectivity index (χ2v) is 6.12. The zero-order valence-corrected chi connectivity index (χ0v) is 12.9.